The van der Waals surface area contributed by atoms with E-state index in [1.54, 1.807) is 26.0 Å². The van der Waals surface area contributed by atoms with Crippen LogP contribution in [0.25, 0.3) is 0 Å². The summed E-state index contributed by atoms with van der Waals surface area (Å²) in [5, 5.41) is 13.4. The standard InChI is InChI=1S/C15H14F2N2O2/c1-9-3-8-13(16)15(14(9)17)18-10(2)11-4-6-12(7-5-11)19(20)21/h3-8,10,18H,1-2H3. The molecule has 1 N–H and O–H groups in total. The van der Waals surface area contributed by atoms with Crippen LogP contribution in [0.2, 0.25) is 0 Å². The zero-order chi connectivity index (χ0) is 15.6. The third kappa shape index (κ3) is 3.16. The number of anilines is 1. The Morgan fingerprint density at radius 1 is 1.14 bits per heavy atom. The first-order valence-corrected chi connectivity index (χ1v) is 6.35. The molecule has 2 aromatic rings. The zero-order valence-corrected chi connectivity index (χ0v) is 11.6. The number of rotatable bonds is 4. The SMILES string of the molecule is Cc1ccc(F)c(NC(C)c2ccc([N+](=O)[O-])cc2)c1F. The Kier molecular flexibility index (Phi) is 4.16. The number of aryl methyl sites for hydroxylation is 1. The lowest BCUT2D eigenvalue weighted by Gasteiger charge is -2.17. The largest absolute Gasteiger partial charge is 0.374 e. The molecule has 1 unspecified atom stereocenters. The third-order valence-electron chi connectivity index (χ3n) is 3.25. The van der Waals surface area contributed by atoms with Gasteiger partial charge >= 0.3 is 0 Å². The first-order valence-electron chi connectivity index (χ1n) is 6.35. The van der Waals surface area contributed by atoms with Crippen LogP contribution in [-0.2, 0) is 0 Å². The molecule has 0 bridgehead atoms. The Morgan fingerprint density at radius 3 is 2.33 bits per heavy atom. The second-order valence-corrected chi connectivity index (χ2v) is 4.77. The van der Waals surface area contributed by atoms with Crippen LogP contribution in [0.5, 0.6) is 0 Å². The van der Waals surface area contributed by atoms with Crippen LogP contribution in [0.4, 0.5) is 20.2 Å². The molecule has 4 nitrogen and oxygen atoms in total. The maximum absolute atomic E-state index is 13.9. The fourth-order valence-corrected chi connectivity index (χ4v) is 1.97. The fourth-order valence-electron chi connectivity index (χ4n) is 1.97. The number of halogens is 2. The van der Waals surface area contributed by atoms with E-state index in [1.807, 2.05) is 0 Å². The summed E-state index contributed by atoms with van der Waals surface area (Å²) in [6, 6.07) is 8.00. The molecule has 0 heterocycles. The monoisotopic (exact) mass is 292 g/mol. The number of nitro groups is 1. The summed E-state index contributed by atoms with van der Waals surface area (Å²) in [4.78, 5) is 10.1. The molecule has 2 rings (SSSR count). The predicted octanol–water partition coefficient (Wildman–Crippen LogP) is 4.35. The van der Waals surface area contributed by atoms with Gasteiger partial charge in [-0.25, -0.2) is 8.78 Å². The summed E-state index contributed by atoms with van der Waals surface area (Å²) in [6.45, 7) is 3.28. The van der Waals surface area contributed by atoms with E-state index < -0.39 is 22.6 Å². The van der Waals surface area contributed by atoms with Crippen LogP contribution in [0.15, 0.2) is 36.4 Å². The van der Waals surface area contributed by atoms with Crippen molar-refractivity contribution in [2.24, 2.45) is 0 Å². The number of hydrogen-bond donors (Lipinski definition) is 1. The van der Waals surface area contributed by atoms with Crippen molar-refractivity contribution in [2.45, 2.75) is 19.9 Å². The molecule has 6 heteroatoms. The fraction of sp³-hybridized carbons (Fsp3) is 0.200. The quantitative estimate of drug-likeness (QED) is 0.673. The molecule has 0 radical (unpaired) electrons. The van der Waals surface area contributed by atoms with Crippen molar-refractivity contribution in [3.05, 3.63) is 69.3 Å². The van der Waals surface area contributed by atoms with Gasteiger partial charge in [-0.3, -0.25) is 10.1 Å². The normalized spacial score (nSPS) is 12.0. The summed E-state index contributed by atoms with van der Waals surface area (Å²) in [5.74, 6) is -1.31. The highest BCUT2D eigenvalue weighted by molar-refractivity contribution is 5.51. The Hall–Kier alpha value is -2.50. The van der Waals surface area contributed by atoms with E-state index in [9.17, 15) is 18.9 Å². The second-order valence-electron chi connectivity index (χ2n) is 4.77. The molecule has 0 aliphatic heterocycles. The summed E-state index contributed by atoms with van der Waals surface area (Å²) in [7, 11) is 0. The van der Waals surface area contributed by atoms with Gasteiger partial charge in [0, 0.05) is 18.2 Å². The van der Waals surface area contributed by atoms with E-state index in [0.29, 0.717) is 11.1 Å². The molecular weight excluding hydrogens is 278 g/mol. The molecule has 0 spiro atoms. The molecule has 0 saturated carbocycles. The van der Waals surface area contributed by atoms with E-state index in [1.165, 1.54) is 24.3 Å². The molecule has 0 aromatic heterocycles. The molecule has 110 valence electrons. The van der Waals surface area contributed by atoms with E-state index in [0.717, 1.165) is 0 Å². The first-order chi connectivity index (χ1) is 9.90. The van der Waals surface area contributed by atoms with Crippen LogP contribution < -0.4 is 5.32 Å². The number of non-ortho nitro benzene ring substituents is 1. The number of benzene rings is 2. The molecule has 0 amide bonds. The summed E-state index contributed by atoms with van der Waals surface area (Å²) < 4.78 is 27.6. The number of nitrogens with zero attached hydrogens (tertiary/aromatic N) is 1. The van der Waals surface area contributed by atoms with E-state index >= 15 is 0 Å². The smallest absolute Gasteiger partial charge is 0.269 e. The zero-order valence-electron chi connectivity index (χ0n) is 11.6. The van der Waals surface area contributed by atoms with Crippen molar-refractivity contribution in [3.63, 3.8) is 0 Å². The Morgan fingerprint density at radius 2 is 1.76 bits per heavy atom. The van der Waals surface area contributed by atoms with Gasteiger partial charge in [0.1, 0.15) is 11.5 Å². The lowest BCUT2D eigenvalue weighted by Crippen LogP contribution is -2.10. The van der Waals surface area contributed by atoms with E-state index in [-0.39, 0.29) is 11.4 Å². The van der Waals surface area contributed by atoms with E-state index in [2.05, 4.69) is 5.32 Å². The van der Waals surface area contributed by atoms with Gasteiger partial charge in [0.15, 0.2) is 5.82 Å². The van der Waals surface area contributed by atoms with Crippen molar-refractivity contribution in [2.75, 3.05) is 5.32 Å². The number of nitrogens with one attached hydrogen (secondary N) is 1. The van der Waals surface area contributed by atoms with Gasteiger partial charge in [-0.15, -0.1) is 0 Å². The molecule has 0 fully saturated rings. The molecule has 21 heavy (non-hydrogen) atoms. The number of hydrogen-bond acceptors (Lipinski definition) is 3. The Bertz CT molecular complexity index is 672. The van der Waals surface area contributed by atoms with Gasteiger partial charge in [-0.05, 0) is 31.0 Å². The molecule has 0 aliphatic carbocycles. The molecular formula is C15H14F2N2O2. The van der Waals surface area contributed by atoms with Gasteiger partial charge in [0.05, 0.1) is 4.92 Å². The average molecular weight is 292 g/mol. The van der Waals surface area contributed by atoms with Gasteiger partial charge in [0.2, 0.25) is 0 Å². The van der Waals surface area contributed by atoms with Gasteiger partial charge < -0.3 is 5.32 Å². The predicted molar refractivity (Wildman–Crippen MR) is 76.2 cm³/mol. The molecule has 2 aromatic carbocycles. The summed E-state index contributed by atoms with van der Waals surface area (Å²) in [5.41, 5.74) is 0.815. The highest BCUT2D eigenvalue weighted by atomic mass is 19.1. The van der Waals surface area contributed by atoms with Crippen molar-refractivity contribution in [1.82, 2.24) is 0 Å². The highest BCUT2D eigenvalue weighted by Gasteiger charge is 2.15. The molecule has 0 aliphatic rings. The van der Waals surface area contributed by atoms with Crippen LogP contribution in [-0.4, -0.2) is 4.92 Å². The van der Waals surface area contributed by atoms with Gasteiger partial charge in [-0.1, -0.05) is 18.2 Å². The lowest BCUT2D eigenvalue weighted by molar-refractivity contribution is -0.384. The van der Waals surface area contributed by atoms with Crippen LogP contribution >= 0.6 is 0 Å². The molecule has 0 saturated heterocycles. The van der Waals surface area contributed by atoms with Crippen molar-refractivity contribution in [3.8, 4) is 0 Å². The second kappa shape index (κ2) is 5.87. The number of nitro benzene ring substituents is 1. The van der Waals surface area contributed by atoms with Crippen LogP contribution in [0, 0.1) is 28.7 Å². The molecule has 1 atom stereocenters. The van der Waals surface area contributed by atoms with Crippen molar-refractivity contribution >= 4 is 11.4 Å². The average Bonchev–Trinajstić information content (AvgIpc) is 2.47. The third-order valence-corrected chi connectivity index (χ3v) is 3.25. The van der Waals surface area contributed by atoms with Gasteiger partial charge in [-0.2, -0.15) is 0 Å². The highest BCUT2D eigenvalue weighted by Crippen LogP contribution is 2.27. The van der Waals surface area contributed by atoms with Crippen molar-refractivity contribution < 1.29 is 13.7 Å². The topological polar surface area (TPSA) is 55.2 Å². The van der Waals surface area contributed by atoms with E-state index in [4.69, 9.17) is 0 Å². The lowest BCUT2D eigenvalue weighted by atomic mass is 10.1. The maximum atomic E-state index is 13.9. The van der Waals surface area contributed by atoms with Crippen LogP contribution in [0.3, 0.4) is 0 Å². The Labute approximate surface area is 120 Å². The summed E-state index contributed by atoms with van der Waals surface area (Å²) >= 11 is 0. The minimum atomic E-state index is -0.674. The minimum absolute atomic E-state index is 0.0288. The minimum Gasteiger partial charge on any atom is -0.374 e. The first kappa shape index (κ1) is 14.9. The maximum Gasteiger partial charge on any atom is 0.269 e. The van der Waals surface area contributed by atoms with Crippen LogP contribution in [0.1, 0.15) is 24.1 Å². The van der Waals surface area contributed by atoms with Gasteiger partial charge in [0.25, 0.3) is 5.69 Å². The summed E-state index contributed by atoms with van der Waals surface area (Å²) in [6.07, 6.45) is 0. The Balaban J connectivity index is 2.24. The van der Waals surface area contributed by atoms with Crippen molar-refractivity contribution in [1.29, 1.82) is 0 Å².